The summed E-state index contributed by atoms with van der Waals surface area (Å²) in [4.78, 5) is 11.3. The van der Waals surface area contributed by atoms with E-state index in [-0.39, 0.29) is 24.3 Å². The number of anilines is 1. The lowest BCUT2D eigenvalue weighted by Crippen LogP contribution is -2.30. The molecule has 1 aromatic rings. The molecule has 0 unspecified atom stereocenters. The lowest BCUT2D eigenvalue weighted by Gasteiger charge is -2.14. The number of alkyl halides is 3. The zero-order valence-corrected chi connectivity index (χ0v) is 10.4. The van der Waals surface area contributed by atoms with Crippen LogP contribution in [0.25, 0.3) is 0 Å². The van der Waals surface area contributed by atoms with Gasteiger partial charge in [0.15, 0.2) is 0 Å². The first kappa shape index (κ1) is 15.6. The van der Waals surface area contributed by atoms with Gasteiger partial charge in [0.2, 0.25) is 5.91 Å². The maximum absolute atomic E-state index is 12.8. The van der Waals surface area contributed by atoms with E-state index in [0.717, 1.165) is 18.2 Å². The summed E-state index contributed by atoms with van der Waals surface area (Å²) in [5.74, 6) is -0.472. The second-order valence-corrected chi connectivity index (χ2v) is 3.82. The molecule has 0 bridgehead atoms. The SMILES string of the molecule is C=CCNC(=O)CNc1cc(C#N)ccc1C(F)(F)F. The first-order valence-electron chi connectivity index (χ1n) is 5.61. The Balaban J connectivity index is 2.89. The van der Waals surface area contributed by atoms with Crippen LogP contribution in [0.2, 0.25) is 0 Å². The quantitative estimate of drug-likeness (QED) is 0.815. The van der Waals surface area contributed by atoms with Gasteiger partial charge in [-0.1, -0.05) is 6.08 Å². The highest BCUT2D eigenvalue weighted by atomic mass is 19.4. The van der Waals surface area contributed by atoms with E-state index in [9.17, 15) is 18.0 Å². The molecule has 0 heterocycles. The Labute approximate surface area is 113 Å². The molecular formula is C13H12F3N3O. The standard InChI is InChI=1S/C13H12F3N3O/c1-2-5-18-12(20)8-19-11-6-9(7-17)3-4-10(11)13(14,15)16/h2-4,6,19H,1,5,8H2,(H,18,20). The summed E-state index contributed by atoms with van der Waals surface area (Å²) in [5, 5.41) is 13.5. The largest absolute Gasteiger partial charge is 0.418 e. The number of rotatable bonds is 5. The Morgan fingerprint density at radius 3 is 2.70 bits per heavy atom. The van der Waals surface area contributed by atoms with Crippen molar-refractivity contribution in [2.24, 2.45) is 0 Å². The normalized spacial score (nSPS) is 10.5. The van der Waals surface area contributed by atoms with Crippen LogP contribution in [0.1, 0.15) is 11.1 Å². The van der Waals surface area contributed by atoms with Gasteiger partial charge in [-0.15, -0.1) is 6.58 Å². The third kappa shape index (κ3) is 4.31. The third-order valence-corrected chi connectivity index (χ3v) is 2.34. The summed E-state index contributed by atoms with van der Waals surface area (Å²) in [6.45, 7) is 3.30. The monoisotopic (exact) mass is 283 g/mol. The minimum atomic E-state index is -4.56. The van der Waals surface area contributed by atoms with Crippen LogP contribution in [-0.4, -0.2) is 19.0 Å². The summed E-state index contributed by atoms with van der Waals surface area (Å²) in [5.41, 5.74) is -1.15. The van der Waals surface area contributed by atoms with E-state index in [2.05, 4.69) is 17.2 Å². The lowest BCUT2D eigenvalue weighted by atomic mass is 10.1. The van der Waals surface area contributed by atoms with Crippen LogP contribution in [-0.2, 0) is 11.0 Å². The molecule has 0 fully saturated rings. The molecule has 1 rings (SSSR count). The topological polar surface area (TPSA) is 64.9 Å². The number of carbonyl (C=O) groups excluding carboxylic acids is 1. The van der Waals surface area contributed by atoms with E-state index in [4.69, 9.17) is 5.26 Å². The number of nitrogens with zero attached hydrogens (tertiary/aromatic N) is 1. The van der Waals surface area contributed by atoms with Crippen LogP contribution in [0.4, 0.5) is 18.9 Å². The van der Waals surface area contributed by atoms with E-state index in [1.807, 2.05) is 0 Å². The van der Waals surface area contributed by atoms with E-state index >= 15 is 0 Å². The highest BCUT2D eigenvalue weighted by molar-refractivity contribution is 5.81. The molecule has 1 amide bonds. The average molecular weight is 283 g/mol. The predicted octanol–water partition coefficient (Wildman–Crippen LogP) is 2.29. The molecular weight excluding hydrogens is 271 g/mol. The number of hydrogen-bond acceptors (Lipinski definition) is 3. The third-order valence-electron chi connectivity index (χ3n) is 2.34. The highest BCUT2D eigenvalue weighted by Crippen LogP contribution is 2.35. The number of nitriles is 1. The van der Waals surface area contributed by atoms with Gasteiger partial charge in [0.25, 0.3) is 0 Å². The summed E-state index contributed by atoms with van der Waals surface area (Å²) in [6, 6.07) is 4.69. The van der Waals surface area contributed by atoms with Crippen molar-refractivity contribution in [2.75, 3.05) is 18.4 Å². The first-order chi connectivity index (χ1) is 9.38. The van der Waals surface area contributed by atoms with Gasteiger partial charge in [0.1, 0.15) is 0 Å². The Morgan fingerprint density at radius 2 is 2.15 bits per heavy atom. The molecule has 20 heavy (non-hydrogen) atoms. The maximum atomic E-state index is 12.8. The number of carbonyl (C=O) groups is 1. The predicted molar refractivity (Wildman–Crippen MR) is 67.9 cm³/mol. The Bertz CT molecular complexity index is 547. The average Bonchev–Trinajstić information content (AvgIpc) is 2.41. The van der Waals surface area contributed by atoms with E-state index in [1.54, 1.807) is 6.07 Å². The van der Waals surface area contributed by atoms with Gasteiger partial charge in [-0.05, 0) is 18.2 Å². The molecule has 1 aromatic carbocycles. The highest BCUT2D eigenvalue weighted by Gasteiger charge is 2.33. The fraction of sp³-hybridized carbons (Fsp3) is 0.231. The molecule has 7 heteroatoms. The molecule has 0 aromatic heterocycles. The van der Waals surface area contributed by atoms with Gasteiger partial charge in [0.05, 0.1) is 23.7 Å². The van der Waals surface area contributed by atoms with Crippen molar-refractivity contribution in [1.29, 1.82) is 5.26 Å². The molecule has 0 aliphatic heterocycles. The van der Waals surface area contributed by atoms with Crippen molar-refractivity contribution in [3.8, 4) is 6.07 Å². The van der Waals surface area contributed by atoms with Gasteiger partial charge in [-0.25, -0.2) is 0 Å². The fourth-order valence-electron chi connectivity index (χ4n) is 1.43. The summed E-state index contributed by atoms with van der Waals surface area (Å²) in [6.07, 6.45) is -3.11. The van der Waals surface area contributed by atoms with Gasteiger partial charge in [0, 0.05) is 12.2 Å². The molecule has 0 saturated carbocycles. The van der Waals surface area contributed by atoms with E-state index in [1.165, 1.54) is 6.08 Å². The molecule has 4 nitrogen and oxygen atoms in total. The van der Waals surface area contributed by atoms with Gasteiger partial charge < -0.3 is 10.6 Å². The number of halogens is 3. The molecule has 0 aliphatic carbocycles. The van der Waals surface area contributed by atoms with Crippen molar-refractivity contribution >= 4 is 11.6 Å². The van der Waals surface area contributed by atoms with Crippen LogP contribution in [0.3, 0.4) is 0 Å². The van der Waals surface area contributed by atoms with Gasteiger partial charge in [-0.2, -0.15) is 18.4 Å². The van der Waals surface area contributed by atoms with Gasteiger partial charge >= 0.3 is 6.18 Å². The molecule has 0 atom stereocenters. The number of benzene rings is 1. The number of nitrogens with one attached hydrogen (secondary N) is 2. The smallest absolute Gasteiger partial charge is 0.376 e. The van der Waals surface area contributed by atoms with E-state index < -0.39 is 17.6 Å². The second-order valence-electron chi connectivity index (χ2n) is 3.82. The van der Waals surface area contributed by atoms with Gasteiger partial charge in [-0.3, -0.25) is 4.79 Å². The molecule has 0 saturated heterocycles. The van der Waals surface area contributed by atoms with Crippen molar-refractivity contribution in [3.63, 3.8) is 0 Å². The van der Waals surface area contributed by atoms with Crippen molar-refractivity contribution in [2.45, 2.75) is 6.18 Å². The zero-order chi connectivity index (χ0) is 15.2. The van der Waals surface area contributed by atoms with Crippen LogP contribution in [0.15, 0.2) is 30.9 Å². The minimum absolute atomic E-state index is 0.0759. The Hall–Kier alpha value is -2.49. The van der Waals surface area contributed by atoms with Crippen molar-refractivity contribution in [1.82, 2.24) is 5.32 Å². The Kier molecular flexibility index (Phi) is 5.15. The molecule has 2 N–H and O–H groups in total. The number of amides is 1. The lowest BCUT2D eigenvalue weighted by molar-refractivity contribution is -0.137. The van der Waals surface area contributed by atoms with Crippen LogP contribution < -0.4 is 10.6 Å². The molecule has 106 valence electrons. The van der Waals surface area contributed by atoms with Crippen molar-refractivity contribution in [3.05, 3.63) is 42.0 Å². The number of hydrogen-bond donors (Lipinski definition) is 2. The molecule has 0 aliphatic rings. The van der Waals surface area contributed by atoms with Crippen LogP contribution >= 0.6 is 0 Å². The second kappa shape index (κ2) is 6.61. The fourth-order valence-corrected chi connectivity index (χ4v) is 1.43. The Morgan fingerprint density at radius 1 is 1.45 bits per heavy atom. The maximum Gasteiger partial charge on any atom is 0.418 e. The minimum Gasteiger partial charge on any atom is -0.376 e. The summed E-state index contributed by atoms with van der Waals surface area (Å²) >= 11 is 0. The summed E-state index contributed by atoms with van der Waals surface area (Å²) in [7, 11) is 0. The first-order valence-corrected chi connectivity index (χ1v) is 5.61. The van der Waals surface area contributed by atoms with Crippen LogP contribution in [0.5, 0.6) is 0 Å². The zero-order valence-electron chi connectivity index (χ0n) is 10.4. The molecule has 0 radical (unpaired) electrons. The van der Waals surface area contributed by atoms with Crippen molar-refractivity contribution < 1.29 is 18.0 Å². The van der Waals surface area contributed by atoms with Crippen LogP contribution in [0, 0.1) is 11.3 Å². The molecule has 0 spiro atoms. The summed E-state index contributed by atoms with van der Waals surface area (Å²) < 4.78 is 38.3. The van der Waals surface area contributed by atoms with E-state index in [0.29, 0.717) is 0 Å².